The average Bonchev–Trinajstić information content (AvgIpc) is 2.80. The minimum atomic E-state index is -4.41. The molecular formula is C21H26F3N3O. The van der Waals surface area contributed by atoms with E-state index in [9.17, 15) is 18.0 Å². The van der Waals surface area contributed by atoms with Crippen molar-refractivity contribution in [3.05, 3.63) is 46.8 Å². The standard InChI is InChI=1S/C21H26F3N3O/c1-14-6-5-10-26(11-9-14)20(28)13-19-15(2)25-27(16(19)3)18-8-4-7-17(12-18)21(22,23)24/h4,7-8,12,14H,5-6,9-11,13H2,1-3H3. The monoisotopic (exact) mass is 393 g/mol. The number of carbonyl (C=O) groups is 1. The molecule has 1 aliphatic rings. The van der Waals surface area contributed by atoms with Crippen LogP contribution in [0.5, 0.6) is 0 Å². The molecule has 4 nitrogen and oxygen atoms in total. The third-order valence-electron chi connectivity index (χ3n) is 5.56. The van der Waals surface area contributed by atoms with Crippen LogP contribution in [0.3, 0.4) is 0 Å². The van der Waals surface area contributed by atoms with Crippen molar-refractivity contribution in [2.24, 2.45) is 5.92 Å². The zero-order valence-electron chi connectivity index (χ0n) is 16.5. The van der Waals surface area contributed by atoms with Crippen molar-refractivity contribution in [3.8, 4) is 5.69 Å². The second-order valence-electron chi connectivity index (χ2n) is 7.70. The third-order valence-corrected chi connectivity index (χ3v) is 5.56. The van der Waals surface area contributed by atoms with Crippen molar-refractivity contribution in [1.82, 2.24) is 14.7 Å². The Morgan fingerprint density at radius 3 is 2.68 bits per heavy atom. The summed E-state index contributed by atoms with van der Waals surface area (Å²) in [5.74, 6) is 0.689. The molecule has 28 heavy (non-hydrogen) atoms. The molecule has 1 aliphatic heterocycles. The van der Waals surface area contributed by atoms with E-state index in [1.165, 1.54) is 10.7 Å². The van der Waals surface area contributed by atoms with Gasteiger partial charge in [-0.15, -0.1) is 0 Å². The molecule has 7 heteroatoms. The summed E-state index contributed by atoms with van der Waals surface area (Å²) in [5.41, 5.74) is 1.80. The maximum absolute atomic E-state index is 13.0. The van der Waals surface area contributed by atoms with Crippen molar-refractivity contribution in [3.63, 3.8) is 0 Å². The molecule has 0 aliphatic carbocycles. The maximum Gasteiger partial charge on any atom is 0.416 e. The summed E-state index contributed by atoms with van der Waals surface area (Å²) in [6.45, 7) is 7.34. The first-order valence-electron chi connectivity index (χ1n) is 9.67. The number of likely N-dealkylation sites (tertiary alicyclic amines) is 1. The number of hydrogen-bond donors (Lipinski definition) is 0. The Labute approximate surface area is 163 Å². The Bertz CT molecular complexity index is 857. The first-order valence-corrected chi connectivity index (χ1v) is 9.67. The van der Waals surface area contributed by atoms with Crippen molar-refractivity contribution < 1.29 is 18.0 Å². The van der Waals surface area contributed by atoms with Crippen LogP contribution in [0.15, 0.2) is 24.3 Å². The van der Waals surface area contributed by atoms with E-state index < -0.39 is 11.7 Å². The number of aryl methyl sites for hydroxylation is 1. The van der Waals surface area contributed by atoms with Crippen LogP contribution in [0.1, 0.15) is 48.7 Å². The fraction of sp³-hybridized carbons (Fsp3) is 0.524. The summed E-state index contributed by atoms with van der Waals surface area (Å²) < 4.78 is 40.6. The van der Waals surface area contributed by atoms with Crippen LogP contribution >= 0.6 is 0 Å². The number of carbonyl (C=O) groups excluding carboxylic acids is 1. The van der Waals surface area contributed by atoms with E-state index >= 15 is 0 Å². The minimum Gasteiger partial charge on any atom is -0.342 e. The molecule has 1 amide bonds. The molecule has 1 atom stereocenters. The summed E-state index contributed by atoms with van der Waals surface area (Å²) in [6.07, 6.45) is -1.03. The molecule has 1 aromatic heterocycles. The van der Waals surface area contributed by atoms with Gasteiger partial charge in [-0.3, -0.25) is 4.79 Å². The smallest absolute Gasteiger partial charge is 0.342 e. The molecule has 152 valence electrons. The van der Waals surface area contributed by atoms with Gasteiger partial charge in [0.25, 0.3) is 0 Å². The van der Waals surface area contributed by atoms with Crippen molar-refractivity contribution in [2.75, 3.05) is 13.1 Å². The largest absolute Gasteiger partial charge is 0.416 e. The zero-order chi connectivity index (χ0) is 20.5. The average molecular weight is 393 g/mol. The van der Waals surface area contributed by atoms with Crippen molar-refractivity contribution in [1.29, 1.82) is 0 Å². The van der Waals surface area contributed by atoms with E-state index in [1.54, 1.807) is 19.9 Å². The molecule has 0 saturated carbocycles. The number of rotatable bonds is 3. The molecule has 0 radical (unpaired) electrons. The summed E-state index contributed by atoms with van der Waals surface area (Å²) in [7, 11) is 0. The van der Waals surface area contributed by atoms with Gasteiger partial charge in [0.1, 0.15) is 0 Å². The molecule has 1 unspecified atom stereocenters. The number of aromatic nitrogens is 2. The van der Waals surface area contributed by atoms with E-state index in [1.807, 2.05) is 4.90 Å². The van der Waals surface area contributed by atoms with Crippen LogP contribution in [0.25, 0.3) is 5.69 Å². The highest BCUT2D eigenvalue weighted by Crippen LogP contribution is 2.31. The van der Waals surface area contributed by atoms with Crippen LogP contribution < -0.4 is 0 Å². The number of nitrogens with zero attached hydrogens (tertiary/aromatic N) is 3. The van der Waals surface area contributed by atoms with Gasteiger partial charge in [-0.25, -0.2) is 4.68 Å². The molecule has 1 fully saturated rings. The Morgan fingerprint density at radius 2 is 1.96 bits per heavy atom. The van der Waals surface area contributed by atoms with Gasteiger partial charge in [0.05, 0.1) is 23.4 Å². The van der Waals surface area contributed by atoms with E-state index in [2.05, 4.69) is 12.0 Å². The highest BCUT2D eigenvalue weighted by atomic mass is 19.4. The highest BCUT2D eigenvalue weighted by molar-refractivity contribution is 5.79. The fourth-order valence-electron chi connectivity index (χ4n) is 3.77. The predicted molar refractivity (Wildman–Crippen MR) is 101 cm³/mol. The Morgan fingerprint density at radius 1 is 1.21 bits per heavy atom. The van der Waals surface area contributed by atoms with E-state index in [0.717, 1.165) is 50.0 Å². The third kappa shape index (κ3) is 4.39. The van der Waals surface area contributed by atoms with Crippen LogP contribution in [0, 0.1) is 19.8 Å². The van der Waals surface area contributed by atoms with E-state index in [0.29, 0.717) is 23.0 Å². The lowest BCUT2D eigenvalue weighted by Gasteiger charge is -2.20. The van der Waals surface area contributed by atoms with E-state index in [4.69, 9.17) is 0 Å². The molecular weight excluding hydrogens is 367 g/mol. The van der Waals surface area contributed by atoms with Crippen LogP contribution in [-0.2, 0) is 17.4 Å². The molecule has 2 heterocycles. The molecule has 2 aromatic rings. The van der Waals surface area contributed by atoms with Gasteiger partial charge in [-0.1, -0.05) is 13.0 Å². The first kappa shape index (κ1) is 20.4. The quantitative estimate of drug-likeness (QED) is 0.758. The van der Waals surface area contributed by atoms with Crippen molar-refractivity contribution >= 4 is 5.91 Å². The van der Waals surface area contributed by atoms with Gasteiger partial charge in [-0.2, -0.15) is 18.3 Å². The van der Waals surface area contributed by atoms with E-state index in [-0.39, 0.29) is 12.3 Å². The maximum atomic E-state index is 13.0. The van der Waals surface area contributed by atoms with Crippen LogP contribution in [0.4, 0.5) is 13.2 Å². The highest BCUT2D eigenvalue weighted by Gasteiger charge is 2.31. The second kappa shape index (κ2) is 7.97. The van der Waals surface area contributed by atoms with Gasteiger partial charge in [0, 0.05) is 24.3 Å². The number of amides is 1. The fourth-order valence-corrected chi connectivity index (χ4v) is 3.77. The first-order chi connectivity index (χ1) is 13.2. The lowest BCUT2D eigenvalue weighted by atomic mass is 10.0. The summed E-state index contributed by atoms with van der Waals surface area (Å²) in [6, 6.07) is 5.09. The number of alkyl halides is 3. The van der Waals surface area contributed by atoms with Gasteiger partial charge >= 0.3 is 6.18 Å². The van der Waals surface area contributed by atoms with Gasteiger partial charge < -0.3 is 4.90 Å². The predicted octanol–water partition coefficient (Wildman–Crippen LogP) is 4.70. The second-order valence-corrected chi connectivity index (χ2v) is 7.70. The molecule has 0 N–H and O–H groups in total. The number of halogens is 3. The number of hydrogen-bond acceptors (Lipinski definition) is 2. The van der Waals surface area contributed by atoms with Gasteiger partial charge in [0.2, 0.25) is 5.91 Å². The van der Waals surface area contributed by atoms with Crippen LogP contribution in [-0.4, -0.2) is 33.7 Å². The van der Waals surface area contributed by atoms with Crippen molar-refractivity contribution in [2.45, 2.75) is 52.6 Å². The topological polar surface area (TPSA) is 38.1 Å². The lowest BCUT2D eigenvalue weighted by molar-refractivity contribution is -0.137. The summed E-state index contributed by atoms with van der Waals surface area (Å²) in [4.78, 5) is 14.7. The molecule has 3 rings (SSSR count). The van der Waals surface area contributed by atoms with Gasteiger partial charge in [-0.05, 0) is 57.2 Å². The Balaban J connectivity index is 1.83. The van der Waals surface area contributed by atoms with Gasteiger partial charge in [0.15, 0.2) is 0 Å². The summed E-state index contributed by atoms with van der Waals surface area (Å²) >= 11 is 0. The normalized spacial score (nSPS) is 18.2. The zero-order valence-corrected chi connectivity index (χ0v) is 16.5. The number of benzene rings is 1. The van der Waals surface area contributed by atoms with Crippen LogP contribution in [0.2, 0.25) is 0 Å². The SMILES string of the molecule is Cc1nn(-c2cccc(C(F)(F)F)c2)c(C)c1CC(=O)N1CCCC(C)CC1. The summed E-state index contributed by atoms with van der Waals surface area (Å²) in [5, 5.41) is 4.41. The Kier molecular flexibility index (Phi) is 5.82. The molecule has 0 bridgehead atoms. The minimum absolute atomic E-state index is 0.0592. The molecule has 1 saturated heterocycles. The molecule has 1 aromatic carbocycles. The Hall–Kier alpha value is -2.31. The lowest BCUT2D eigenvalue weighted by Crippen LogP contribution is -2.33. The molecule has 0 spiro atoms.